The minimum Gasteiger partial charge on any atom is -0.489 e. The predicted molar refractivity (Wildman–Crippen MR) is 92.8 cm³/mol. The second-order valence-corrected chi connectivity index (χ2v) is 6.42. The van der Waals surface area contributed by atoms with E-state index in [1.54, 1.807) is 18.2 Å². The van der Waals surface area contributed by atoms with Gasteiger partial charge in [-0.1, -0.05) is 29.8 Å². The topological polar surface area (TPSA) is 64.3 Å². The van der Waals surface area contributed by atoms with Crippen LogP contribution in [0.2, 0.25) is 5.02 Å². The van der Waals surface area contributed by atoms with Crippen molar-refractivity contribution in [2.45, 2.75) is 26.0 Å². The fourth-order valence-electron chi connectivity index (χ4n) is 1.95. The fourth-order valence-corrected chi connectivity index (χ4v) is 2.16. The first-order valence-electron chi connectivity index (χ1n) is 7.39. The van der Waals surface area contributed by atoms with Crippen LogP contribution in [-0.2, 0) is 6.61 Å². The van der Waals surface area contributed by atoms with Gasteiger partial charge in [0.25, 0.3) is 5.91 Å². The van der Waals surface area contributed by atoms with E-state index in [1.165, 1.54) is 0 Å². The van der Waals surface area contributed by atoms with Gasteiger partial charge in [0.2, 0.25) is 0 Å². The fraction of sp³-hybridized carbons (Fsp3) is 0.278. The number of hydrogen-bond acceptors (Lipinski definition) is 3. The van der Waals surface area contributed by atoms with Gasteiger partial charge in [0, 0.05) is 22.7 Å². The second kappa shape index (κ2) is 7.49. The zero-order valence-electron chi connectivity index (χ0n) is 13.3. The summed E-state index contributed by atoms with van der Waals surface area (Å²) >= 11 is 5.95. The lowest BCUT2D eigenvalue weighted by Crippen LogP contribution is -2.48. The summed E-state index contributed by atoms with van der Waals surface area (Å²) in [6, 6.07) is 14.5. The molecule has 1 amide bonds. The highest BCUT2D eigenvalue weighted by Crippen LogP contribution is 2.17. The van der Waals surface area contributed by atoms with Crippen LogP contribution >= 0.6 is 11.6 Å². The van der Waals surface area contributed by atoms with Gasteiger partial charge in [0.1, 0.15) is 12.4 Å². The van der Waals surface area contributed by atoms with Crippen LogP contribution in [0.5, 0.6) is 5.75 Å². The Morgan fingerprint density at radius 3 is 2.65 bits per heavy atom. The zero-order valence-corrected chi connectivity index (χ0v) is 14.1. The average Bonchev–Trinajstić information content (AvgIpc) is 2.53. The standard InChI is InChI=1S/C18H21ClN2O2/c1-18(2,12-20)21-17(22)14-6-4-8-16(10-14)23-11-13-5-3-7-15(19)9-13/h3-10H,11-12,20H2,1-2H3,(H,21,22). The van der Waals surface area contributed by atoms with Gasteiger partial charge < -0.3 is 15.8 Å². The SMILES string of the molecule is CC(C)(CN)NC(=O)c1cccc(OCc2cccc(Cl)c2)c1. The first-order valence-corrected chi connectivity index (χ1v) is 7.77. The lowest BCUT2D eigenvalue weighted by atomic mass is 10.1. The van der Waals surface area contributed by atoms with Gasteiger partial charge in [-0.2, -0.15) is 0 Å². The van der Waals surface area contributed by atoms with Gasteiger partial charge in [-0.05, 0) is 49.7 Å². The Bertz CT molecular complexity index is 686. The molecule has 2 rings (SSSR count). The number of rotatable bonds is 6. The number of hydrogen-bond donors (Lipinski definition) is 2. The van der Waals surface area contributed by atoms with Gasteiger partial charge in [-0.15, -0.1) is 0 Å². The van der Waals surface area contributed by atoms with Crippen molar-refractivity contribution in [1.29, 1.82) is 0 Å². The van der Waals surface area contributed by atoms with E-state index < -0.39 is 5.54 Å². The van der Waals surface area contributed by atoms with E-state index in [4.69, 9.17) is 22.1 Å². The Morgan fingerprint density at radius 2 is 1.96 bits per heavy atom. The molecule has 3 N–H and O–H groups in total. The minimum atomic E-state index is -0.450. The largest absolute Gasteiger partial charge is 0.489 e. The van der Waals surface area contributed by atoms with Gasteiger partial charge >= 0.3 is 0 Å². The molecule has 0 bridgehead atoms. The smallest absolute Gasteiger partial charge is 0.251 e. The number of carbonyl (C=O) groups is 1. The van der Waals surface area contributed by atoms with E-state index in [0.717, 1.165) is 5.56 Å². The van der Waals surface area contributed by atoms with Crippen LogP contribution in [0.4, 0.5) is 0 Å². The molecular weight excluding hydrogens is 312 g/mol. The van der Waals surface area contributed by atoms with Crippen molar-refractivity contribution >= 4 is 17.5 Å². The summed E-state index contributed by atoms with van der Waals surface area (Å²) < 4.78 is 5.73. The third-order valence-corrected chi connectivity index (χ3v) is 3.59. The molecule has 0 heterocycles. The van der Waals surface area contributed by atoms with Crippen LogP contribution in [-0.4, -0.2) is 18.0 Å². The summed E-state index contributed by atoms with van der Waals surface area (Å²) in [5.41, 5.74) is 6.69. The monoisotopic (exact) mass is 332 g/mol. The number of nitrogens with one attached hydrogen (secondary N) is 1. The molecule has 0 aliphatic heterocycles. The van der Waals surface area contributed by atoms with Crippen LogP contribution < -0.4 is 15.8 Å². The summed E-state index contributed by atoms with van der Waals surface area (Å²) in [5, 5.41) is 3.56. The maximum Gasteiger partial charge on any atom is 0.251 e. The molecule has 2 aromatic rings. The highest BCUT2D eigenvalue weighted by Gasteiger charge is 2.19. The lowest BCUT2D eigenvalue weighted by Gasteiger charge is -2.24. The Kier molecular flexibility index (Phi) is 5.64. The molecule has 122 valence electrons. The number of ether oxygens (including phenoxy) is 1. The molecule has 0 saturated heterocycles. The van der Waals surface area contributed by atoms with E-state index in [1.807, 2.05) is 44.2 Å². The highest BCUT2D eigenvalue weighted by atomic mass is 35.5. The van der Waals surface area contributed by atoms with Gasteiger partial charge in [-0.25, -0.2) is 0 Å². The molecule has 0 aliphatic carbocycles. The molecule has 0 aromatic heterocycles. The van der Waals surface area contributed by atoms with Crippen LogP contribution in [0, 0.1) is 0 Å². The summed E-state index contributed by atoms with van der Waals surface area (Å²) in [4.78, 5) is 12.3. The summed E-state index contributed by atoms with van der Waals surface area (Å²) in [5.74, 6) is 0.455. The first-order chi connectivity index (χ1) is 10.9. The second-order valence-electron chi connectivity index (χ2n) is 5.99. The van der Waals surface area contributed by atoms with Crippen molar-refractivity contribution in [3.8, 4) is 5.75 Å². The maximum absolute atomic E-state index is 12.3. The molecule has 0 atom stereocenters. The van der Waals surface area contributed by atoms with Crippen molar-refractivity contribution < 1.29 is 9.53 Å². The molecule has 4 nitrogen and oxygen atoms in total. The quantitative estimate of drug-likeness (QED) is 0.852. The molecule has 0 radical (unpaired) electrons. The number of carbonyl (C=O) groups excluding carboxylic acids is 1. The number of halogens is 1. The normalized spacial score (nSPS) is 11.1. The third-order valence-electron chi connectivity index (χ3n) is 3.35. The van der Waals surface area contributed by atoms with Crippen molar-refractivity contribution in [3.63, 3.8) is 0 Å². The molecule has 0 aliphatic rings. The molecule has 5 heteroatoms. The van der Waals surface area contributed by atoms with E-state index in [-0.39, 0.29) is 5.91 Å². The number of nitrogens with two attached hydrogens (primary N) is 1. The predicted octanol–water partition coefficient (Wildman–Crippen LogP) is 3.39. The van der Waals surface area contributed by atoms with Gasteiger partial charge in [0.15, 0.2) is 0 Å². The first kappa shape index (κ1) is 17.3. The van der Waals surface area contributed by atoms with Gasteiger partial charge in [0.05, 0.1) is 0 Å². The minimum absolute atomic E-state index is 0.173. The molecule has 0 fully saturated rings. The maximum atomic E-state index is 12.3. The molecule has 0 spiro atoms. The zero-order chi connectivity index (χ0) is 16.9. The Balaban J connectivity index is 2.03. The molecular formula is C18H21ClN2O2. The van der Waals surface area contributed by atoms with Crippen LogP contribution in [0.3, 0.4) is 0 Å². The van der Waals surface area contributed by atoms with Crippen molar-refractivity contribution in [3.05, 3.63) is 64.7 Å². The summed E-state index contributed by atoms with van der Waals surface area (Å²) in [6.45, 7) is 4.51. The third kappa shape index (κ3) is 5.27. The van der Waals surface area contributed by atoms with Crippen molar-refractivity contribution in [1.82, 2.24) is 5.32 Å². The van der Waals surface area contributed by atoms with Gasteiger partial charge in [-0.3, -0.25) is 4.79 Å². The van der Waals surface area contributed by atoms with Crippen LogP contribution in [0.1, 0.15) is 29.8 Å². The van der Waals surface area contributed by atoms with E-state index in [0.29, 0.717) is 29.5 Å². The van der Waals surface area contributed by atoms with Crippen LogP contribution in [0.15, 0.2) is 48.5 Å². The summed E-state index contributed by atoms with van der Waals surface area (Å²) in [7, 11) is 0. The molecule has 0 unspecified atom stereocenters. The van der Waals surface area contributed by atoms with E-state index >= 15 is 0 Å². The Morgan fingerprint density at radius 1 is 1.22 bits per heavy atom. The van der Waals surface area contributed by atoms with E-state index in [9.17, 15) is 4.79 Å². The Hall–Kier alpha value is -2.04. The molecule has 0 saturated carbocycles. The molecule has 2 aromatic carbocycles. The molecule has 23 heavy (non-hydrogen) atoms. The van der Waals surface area contributed by atoms with E-state index in [2.05, 4.69) is 5.32 Å². The Labute approximate surface area is 141 Å². The average molecular weight is 333 g/mol. The summed E-state index contributed by atoms with van der Waals surface area (Å²) in [6.07, 6.45) is 0. The number of benzene rings is 2. The van der Waals surface area contributed by atoms with Crippen LogP contribution in [0.25, 0.3) is 0 Å². The van der Waals surface area contributed by atoms with Crippen molar-refractivity contribution in [2.75, 3.05) is 6.54 Å². The highest BCUT2D eigenvalue weighted by molar-refractivity contribution is 6.30. The number of amides is 1. The lowest BCUT2D eigenvalue weighted by molar-refractivity contribution is 0.0915. The van der Waals surface area contributed by atoms with Crippen molar-refractivity contribution in [2.24, 2.45) is 5.73 Å².